The molecule has 0 spiro atoms. The van der Waals surface area contributed by atoms with Gasteiger partial charge in [0.15, 0.2) is 5.11 Å². The van der Waals surface area contributed by atoms with E-state index in [1.165, 1.54) is 38.8 Å². The Balaban J connectivity index is 2.06. The fourth-order valence-electron chi connectivity index (χ4n) is 2.12. The van der Waals surface area contributed by atoms with Gasteiger partial charge in [0, 0.05) is 19.6 Å². The molecule has 0 amide bonds. The van der Waals surface area contributed by atoms with Gasteiger partial charge < -0.3 is 15.5 Å². The van der Waals surface area contributed by atoms with Crippen LogP contribution in [0.5, 0.6) is 0 Å². The van der Waals surface area contributed by atoms with Crippen molar-refractivity contribution in [1.82, 2.24) is 15.5 Å². The molecule has 0 bridgehead atoms. The quantitative estimate of drug-likeness (QED) is 0.566. The highest BCUT2D eigenvalue weighted by atomic mass is 32.1. The summed E-state index contributed by atoms with van der Waals surface area (Å²) in [6.07, 6.45) is 5.05. The second-order valence-electron chi connectivity index (χ2n) is 4.76. The number of thiocarbonyl (C=S) groups is 1. The molecule has 1 saturated heterocycles. The van der Waals surface area contributed by atoms with Crippen LogP contribution in [0.2, 0.25) is 0 Å². The van der Waals surface area contributed by atoms with Gasteiger partial charge in [-0.2, -0.15) is 0 Å². The van der Waals surface area contributed by atoms with Gasteiger partial charge in [0.2, 0.25) is 0 Å². The fraction of sp³-hybridized carbons (Fsp3) is 0.917. The van der Waals surface area contributed by atoms with Gasteiger partial charge in [-0.3, -0.25) is 0 Å². The molecule has 2 N–H and O–H groups in total. The highest BCUT2D eigenvalue weighted by Gasteiger charge is 2.16. The summed E-state index contributed by atoms with van der Waals surface area (Å²) in [5.41, 5.74) is 0. The molecule has 0 aromatic heterocycles. The van der Waals surface area contributed by atoms with Crippen LogP contribution in [0, 0.1) is 5.92 Å². The average molecular weight is 243 g/mol. The van der Waals surface area contributed by atoms with E-state index in [4.69, 9.17) is 12.2 Å². The van der Waals surface area contributed by atoms with E-state index in [2.05, 4.69) is 29.5 Å². The third-order valence-electron chi connectivity index (χ3n) is 3.09. The molecule has 0 aromatic carbocycles. The molecule has 16 heavy (non-hydrogen) atoms. The highest BCUT2D eigenvalue weighted by molar-refractivity contribution is 7.80. The van der Waals surface area contributed by atoms with Crippen molar-refractivity contribution in [2.24, 2.45) is 5.92 Å². The molecule has 1 rings (SSSR count). The maximum Gasteiger partial charge on any atom is 0.166 e. The Labute approximate surface area is 105 Å². The van der Waals surface area contributed by atoms with E-state index < -0.39 is 0 Å². The lowest BCUT2D eigenvalue weighted by molar-refractivity contribution is 0.210. The van der Waals surface area contributed by atoms with E-state index in [0.29, 0.717) is 0 Å². The second-order valence-corrected chi connectivity index (χ2v) is 5.17. The lowest BCUT2D eigenvalue weighted by Crippen LogP contribution is -2.42. The van der Waals surface area contributed by atoms with Crippen molar-refractivity contribution in [2.75, 3.05) is 33.2 Å². The predicted octanol–water partition coefficient (Wildman–Crippen LogP) is 1.59. The molecular weight excluding hydrogens is 218 g/mol. The number of nitrogens with zero attached hydrogens (tertiary/aromatic N) is 1. The second kappa shape index (κ2) is 7.85. The summed E-state index contributed by atoms with van der Waals surface area (Å²) < 4.78 is 0. The largest absolute Gasteiger partial charge is 0.363 e. The first-order chi connectivity index (χ1) is 7.72. The zero-order valence-corrected chi connectivity index (χ0v) is 11.4. The van der Waals surface area contributed by atoms with Gasteiger partial charge in [0.25, 0.3) is 0 Å². The van der Waals surface area contributed by atoms with Gasteiger partial charge in [0.1, 0.15) is 0 Å². The SMILES string of the molecule is CCCCNC(=S)NCC1CCCN(C)C1. The van der Waals surface area contributed by atoms with Gasteiger partial charge in [-0.25, -0.2) is 0 Å². The molecule has 1 aliphatic heterocycles. The summed E-state index contributed by atoms with van der Waals surface area (Å²) in [6.45, 7) is 6.64. The monoisotopic (exact) mass is 243 g/mol. The maximum atomic E-state index is 5.23. The summed E-state index contributed by atoms with van der Waals surface area (Å²) in [7, 11) is 2.20. The number of likely N-dealkylation sites (tertiary alicyclic amines) is 1. The van der Waals surface area contributed by atoms with Gasteiger partial charge in [0.05, 0.1) is 0 Å². The molecule has 0 aliphatic carbocycles. The third kappa shape index (κ3) is 5.66. The van der Waals surface area contributed by atoms with Crippen LogP contribution in [0.3, 0.4) is 0 Å². The molecular formula is C12H25N3S. The molecule has 4 heteroatoms. The van der Waals surface area contributed by atoms with Crippen LogP contribution in [-0.4, -0.2) is 43.2 Å². The van der Waals surface area contributed by atoms with Crippen molar-refractivity contribution in [1.29, 1.82) is 0 Å². The summed E-state index contributed by atoms with van der Waals surface area (Å²) >= 11 is 5.23. The summed E-state index contributed by atoms with van der Waals surface area (Å²) in [6, 6.07) is 0. The number of hydrogen-bond acceptors (Lipinski definition) is 2. The standard InChI is InChI=1S/C12H25N3S/c1-3-4-7-13-12(16)14-9-11-6-5-8-15(2)10-11/h11H,3-10H2,1-2H3,(H2,13,14,16). The van der Waals surface area contributed by atoms with E-state index in [-0.39, 0.29) is 0 Å². The molecule has 1 aliphatic rings. The summed E-state index contributed by atoms with van der Waals surface area (Å²) in [4.78, 5) is 2.41. The lowest BCUT2D eigenvalue weighted by atomic mass is 9.99. The van der Waals surface area contributed by atoms with Crippen molar-refractivity contribution in [3.05, 3.63) is 0 Å². The number of rotatable bonds is 5. The molecule has 1 heterocycles. The predicted molar refractivity (Wildman–Crippen MR) is 73.7 cm³/mol. The van der Waals surface area contributed by atoms with Crippen molar-refractivity contribution in [2.45, 2.75) is 32.6 Å². The first-order valence-corrected chi connectivity index (χ1v) is 6.83. The molecule has 3 nitrogen and oxygen atoms in total. The van der Waals surface area contributed by atoms with Crippen LogP contribution in [0.1, 0.15) is 32.6 Å². The number of piperidine rings is 1. The summed E-state index contributed by atoms with van der Waals surface area (Å²) in [5.74, 6) is 0.754. The Hall–Kier alpha value is -0.350. The molecule has 1 unspecified atom stereocenters. The van der Waals surface area contributed by atoms with E-state index in [1.54, 1.807) is 0 Å². The molecule has 1 atom stereocenters. The first-order valence-electron chi connectivity index (χ1n) is 6.42. The Morgan fingerprint density at radius 1 is 1.44 bits per heavy atom. The highest BCUT2D eigenvalue weighted by Crippen LogP contribution is 2.13. The van der Waals surface area contributed by atoms with E-state index in [0.717, 1.165) is 24.1 Å². The van der Waals surface area contributed by atoms with Crippen molar-refractivity contribution in [3.63, 3.8) is 0 Å². The van der Waals surface area contributed by atoms with E-state index in [9.17, 15) is 0 Å². The zero-order valence-electron chi connectivity index (χ0n) is 10.6. The number of nitrogens with one attached hydrogen (secondary N) is 2. The van der Waals surface area contributed by atoms with Gasteiger partial charge in [-0.15, -0.1) is 0 Å². The molecule has 0 aromatic rings. The zero-order chi connectivity index (χ0) is 11.8. The topological polar surface area (TPSA) is 27.3 Å². The Morgan fingerprint density at radius 2 is 2.25 bits per heavy atom. The van der Waals surface area contributed by atoms with Crippen molar-refractivity contribution in [3.8, 4) is 0 Å². The summed E-state index contributed by atoms with van der Waals surface area (Å²) in [5, 5.41) is 7.39. The lowest BCUT2D eigenvalue weighted by Gasteiger charge is -2.30. The molecule has 94 valence electrons. The van der Waals surface area contributed by atoms with E-state index in [1.807, 2.05) is 0 Å². The van der Waals surface area contributed by atoms with Crippen LogP contribution in [0.25, 0.3) is 0 Å². The molecule has 1 fully saturated rings. The van der Waals surface area contributed by atoms with Crippen LogP contribution in [-0.2, 0) is 0 Å². The fourth-order valence-corrected chi connectivity index (χ4v) is 2.30. The normalized spacial score (nSPS) is 21.8. The van der Waals surface area contributed by atoms with Crippen LogP contribution >= 0.6 is 12.2 Å². The van der Waals surface area contributed by atoms with Crippen molar-refractivity contribution < 1.29 is 0 Å². The smallest absolute Gasteiger partial charge is 0.166 e. The van der Waals surface area contributed by atoms with Gasteiger partial charge >= 0.3 is 0 Å². The minimum atomic E-state index is 0.754. The minimum Gasteiger partial charge on any atom is -0.363 e. The van der Waals surface area contributed by atoms with E-state index >= 15 is 0 Å². The van der Waals surface area contributed by atoms with Gasteiger partial charge in [-0.05, 0) is 51.0 Å². The Bertz CT molecular complexity index is 208. The molecule has 0 radical (unpaired) electrons. The van der Waals surface area contributed by atoms with Crippen LogP contribution < -0.4 is 10.6 Å². The first kappa shape index (κ1) is 13.7. The average Bonchev–Trinajstić information content (AvgIpc) is 2.27. The minimum absolute atomic E-state index is 0.754. The maximum absolute atomic E-state index is 5.23. The number of unbranched alkanes of at least 4 members (excludes halogenated alkanes) is 1. The number of hydrogen-bond donors (Lipinski definition) is 2. The van der Waals surface area contributed by atoms with Crippen LogP contribution in [0.4, 0.5) is 0 Å². The van der Waals surface area contributed by atoms with Crippen molar-refractivity contribution >= 4 is 17.3 Å². The third-order valence-corrected chi connectivity index (χ3v) is 3.38. The van der Waals surface area contributed by atoms with Crippen LogP contribution in [0.15, 0.2) is 0 Å². The molecule has 0 saturated carbocycles. The van der Waals surface area contributed by atoms with Gasteiger partial charge in [-0.1, -0.05) is 13.3 Å². The Morgan fingerprint density at radius 3 is 2.94 bits per heavy atom. The Kier molecular flexibility index (Phi) is 6.73.